The van der Waals surface area contributed by atoms with Gasteiger partial charge < -0.3 is 5.32 Å². The number of fused-ring (bicyclic) bond motifs is 2. The van der Waals surface area contributed by atoms with Crippen LogP contribution in [0.3, 0.4) is 0 Å². The average Bonchev–Trinajstić information content (AvgIpc) is 3.26. The molecule has 128 valence electrons. The van der Waals surface area contributed by atoms with Crippen LogP contribution in [0, 0.1) is 17.8 Å². The Kier molecular flexibility index (Phi) is 4.22. The maximum Gasteiger partial charge on any atom is 0.267 e. The van der Waals surface area contributed by atoms with Gasteiger partial charge in [-0.05, 0) is 36.7 Å². The van der Waals surface area contributed by atoms with Crippen LogP contribution in [0.1, 0.15) is 12.8 Å². The molecule has 2 bridgehead atoms. The summed E-state index contributed by atoms with van der Waals surface area (Å²) in [4.78, 5) is 24.3. The molecule has 1 aromatic heterocycles. The number of nitrogens with one attached hydrogen (secondary N) is 1. The van der Waals surface area contributed by atoms with Gasteiger partial charge in [0.2, 0.25) is 5.91 Å². The van der Waals surface area contributed by atoms with Crippen molar-refractivity contribution in [3.8, 4) is 11.3 Å². The number of benzene rings is 1. The van der Waals surface area contributed by atoms with E-state index in [2.05, 4.69) is 22.6 Å². The van der Waals surface area contributed by atoms with Crippen molar-refractivity contribution >= 4 is 5.91 Å². The number of nitrogens with zero attached hydrogens (tertiary/aromatic N) is 2. The summed E-state index contributed by atoms with van der Waals surface area (Å²) in [6, 6.07) is 12.8. The van der Waals surface area contributed by atoms with E-state index in [-0.39, 0.29) is 18.0 Å². The number of hydrogen-bond acceptors (Lipinski definition) is 3. The van der Waals surface area contributed by atoms with Crippen molar-refractivity contribution in [3.05, 3.63) is 65.0 Å². The summed E-state index contributed by atoms with van der Waals surface area (Å²) in [5.74, 6) is 1.66. The third-order valence-corrected chi connectivity index (χ3v) is 5.21. The van der Waals surface area contributed by atoms with Gasteiger partial charge in [0, 0.05) is 18.2 Å². The van der Waals surface area contributed by atoms with E-state index in [0.717, 1.165) is 12.0 Å². The van der Waals surface area contributed by atoms with Crippen LogP contribution < -0.4 is 10.9 Å². The molecule has 0 radical (unpaired) electrons. The number of hydrogen-bond donors (Lipinski definition) is 1. The first-order valence-electron chi connectivity index (χ1n) is 8.77. The van der Waals surface area contributed by atoms with Gasteiger partial charge in [-0.3, -0.25) is 9.59 Å². The number of carbonyl (C=O) groups excluding carboxylic acids is 1. The molecule has 1 N–H and O–H groups in total. The second-order valence-corrected chi connectivity index (χ2v) is 6.92. The maximum absolute atomic E-state index is 12.2. The Morgan fingerprint density at radius 2 is 1.96 bits per heavy atom. The molecule has 5 heteroatoms. The fourth-order valence-electron chi connectivity index (χ4n) is 3.89. The molecule has 1 fully saturated rings. The molecular weight excluding hydrogens is 314 g/mol. The van der Waals surface area contributed by atoms with Crippen LogP contribution in [-0.4, -0.2) is 22.2 Å². The Morgan fingerprint density at radius 3 is 2.68 bits per heavy atom. The van der Waals surface area contributed by atoms with E-state index in [1.165, 1.54) is 17.2 Å². The normalized spacial score (nSPS) is 23.8. The predicted octanol–water partition coefficient (Wildman–Crippen LogP) is 2.24. The second kappa shape index (κ2) is 6.67. The van der Waals surface area contributed by atoms with Crippen LogP contribution in [0.4, 0.5) is 0 Å². The van der Waals surface area contributed by atoms with Crippen LogP contribution >= 0.6 is 0 Å². The topological polar surface area (TPSA) is 64.0 Å². The summed E-state index contributed by atoms with van der Waals surface area (Å²) in [6.45, 7) is 0.633. The summed E-state index contributed by atoms with van der Waals surface area (Å²) >= 11 is 0. The van der Waals surface area contributed by atoms with Crippen LogP contribution in [0.25, 0.3) is 11.3 Å². The van der Waals surface area contributed by atoms with Crippen molar-refractivity contribution in [3.63, 3.8) is 0 Å². The van der Waals surface area contributed by atoms with Gasteiger partial charge in [-0.25, -0.2) is 4.68 Å². The molecule has 1 heterocycles. The SMILES string of the molecule is O=C(Cn1nc(-c2ccccc2)ccc1=O)NCC1CC2C=CC1C2. The lowest BCUT2D eigenvalue weighted by molar-refractivity contribution is -0.122. The number of amides is 1. The molecular formula is C20H21N3O2. The first kappa shape index (κ1) is 15.8. The Labute approximate surface area is 146 Å². The zero-order valence-electron chi connectivity index (χ0n) is 14.0. The highest BCUT2D eigenvalue weighted by Crippen LogP contribution is 2.42. The molecule has 0 saturated heterocycles. The third kappa shape index (κ3) is 3.40. The minimum absolute atomic E-state index is 0.0455. The minimum atomic E-state index is -0.266. The summed E-state index contributed by atoms with van der Waals surface area (Å²) in [6.07, 6.45) is 6.95. The van der Waals surface area contributed by atoms with Gasteiger partial charge in [0.15, 0.2) is 0 Å². The number of rotatable bonds is 5. The second-order valence-electron chi connectivity index (χ2n) is 6.92. The fourth-order valence-corrected chi connectivity index (χ4v) is 3.89. The summed E-state index contributed by atoms with van der Waals surface area (Å²) < 4.78 is 1.23. The zero-order valence-corrected chi connectivity index (χ0v) is 14.0. The molecule has 5 nitrogen and oxygen atoms in total. The van der Waals surface area contributed by atoms with Gasteiger partial charge in [-0.15, -0.1) is 0 Å². The van der Waals surface area contributed by atoms with Crippen molar-refractivity contribution in [2.75, 3.05) is 6.54 Å². The fraction of sp³-hybridized carbons (Fsp3) is 0.350. The van der Waals surface area contributed by atoms with Crippen LogP contribution in [0.2, 0.25) is 0 Å². The highest BCUT2D eigenvalue weighted by molar-refractivity contribution is 5.75. The standard InChI is InChI=1S/C20H21N3O2/c24-19(21-12-17-11-14-6-7-16(17)10-14)13-23-20(25)9-8-18(22-23)15-4-2-1-3-5-15/h1-9,14,16-17H,10-13H2,(H,21,24). The van der Waals surface area contributed by atoms with Gasteiger partial charge in [-0.1, -0.05) is 42.5 Å². The molecule has 2 aliphatic rings. The molecule has 1 aromatic carbocycles. The smallest absolute Gasteiger partial charge is 0.267 e. The van der Waals surface area contributed by atoms with E-state index < -0.39 is 0 Å². The van der Waals surface area contributed by atoms with Crippen molar-refractivity contribution in [2.24, 2.45) is 17.8 Å². The molecule has 0 aliphatic heterocycles. The Morgan fingerprint density at radius 1 is 1.12 bits per heavy atom. The Hall–Kier alpha value is -2.69. The summed E-state index contributed by atoms with van der Waals surface area (Å²) in [5, 5.41) is 7.30. The largest absolute Gasteiger partial charge is 0.354 e. The molecule has 0 spiro atoms. The quantitative estimate of drug-likeness (QED) is 0.852. The van der Waals surface area contributed by atoms with Crippen LogP contribution in [0.5, 0.6) is 0 Å². The van der Waals surface area contributed by atoms with Crippen molar-refractivity contribution < 1.29 is 4.79 Å². The molecule has 3 unspecified atom stereocenters. The van der Waals surface area contributed by atoms with E-state index in [1.54, 1.807) is 6.07 Å². The monoisotopic (exact) mass is 335 g/mol. The molecule has 1 amide bonds. The molecule has 2 aliphatic carbocycles. The summed E-state index contributed by atoms with van der Waals surface area (Å²) in [7, 11) is 0. The number of aromatic nitrogens is 2. The molecule has 3 atom stereocenters. The lowest BCUT2D eigenvalue weighted by Crippen LogP contribution is -2.36. The molecule has 25 heavy (non-hydrogen) atoms. The number of allylic oxidation sites excluding steroid dienone is 2. The van der Waals surface area contributed by atoms with E-state index in [1.807, 2.05) is 30.3 Å². The average molecular weight is 335 g/mol. The van der Waals surface area contributed by atoms with Gasteiger partial charge in [0.25, 0.3) is 5.56 Å². The minimum Gasteiger partial charge on any atom is -0.354 e. The lowest BCUT2D eigenvalue weighted by atomic mass is 9.94. The van der Waals surface area contributed by atoms with Crippen LogP contribution in [-0.2, 0) is 11.3 Å². The lowest BCUT2D eigenvalue weighted by Gasteiger charge is -2.18. The van der Waals surface area contributed by atoms with Crippen molar-refractivity contribution in [1.29, 1.82) is 0 Å². The van der Waals surface area contributed by atoms with Crippen molar-refractivity contribution in [1.82, 2.24) is 15.1 Å². The third-order valence-electron chi connectivity index (χ3n) is 5.21. The zero-order chi connectivity index (χ0) is 17.2. The Balaban J connectivity index is 1.40. The molecule has 2 aromatic rings. The van der Waals surface area contributed by atoms with E-state index in [9.17, 15) is 9.59 Å². The van der Waals surface area contributed by atoms with Crippen molar-refractivity contribution in [2.45, 2.75) is 19.4 Å². The Bertz CT molecular complexity index is 857. The van der Waals surface area contributed by atoms with Gasteiger partial charge in [0.05, 0.1) is 5.69 Å². The number of carbonyl (C=O) groups is 1. The molecule has 4 rings (SSSR count). The highest BCUT2D eigenvalue weighted by atomic mass is 16.2. The van der Waals surface area contributed by atoms with E-state index in [0.29, 0.717) is 30.0 Å². The first-order chi connectivity index (χ1) is 12.2. The predicted molar refractivity (Wildman–Crippen MR) is 95.8 cm³/mol. The highest BCUT2D eigenvalue weighted by Gasteiger charge is 2.35. The van der Waals surface area contributed by atoms with Gasteiger partial charge >= 0.3 is 0 Å². The van der Waals surface area contributed by atoms with E-state index in [4.69, 9.17) is 0 Å². The van der Waals surface area contributed by atoms with Crippen LogP contribution in [0.15, 0.2) is 59.4 Å². The first-order valence-corrected chi connectivity index (χ1v) is 8.77. The summed E-state index contributed by atoms with van der Waals surface area (Å²) in [5.41, 5.74) is 1.34. The van der Waals surface area contributed by atoms with Gasteiger partial charge in [-0.2, -0.15) is 5.10 Å². The molecule has 1 saturated carbocycles. The van der Waals surface area contributed by atoms with E-state index >= 15 is 0 Å². The maximum atomic E-state index is 12.2. The van der Waals surface area contributed by atoms with Gasteiger partial charge in [0.1, 0.15) is 6.54 Å².